The van der Waals surface area contributed by atoms with Crippen LogP contribution in [0.2, 0.25) is 0 Å². The second-order valence-electron chi connectivity index (χ2n) is 31.2. The van der Waals surface area contributed by atoms with E-state index in [9.17, 15) is 29.1 Å². The van der Waals surface area contributed by atoms with Gasteiger partial charge >= 0.3 is 5.97 Å². The highest BCUT2D eigenvalue weighted by Crippen LogP contribution is 2.77. The second kappa shape index (κ2) is 17.5. The van der Waals surface area contributed by atoms with Crippen molar-refractivity contribution in [3.05, 3.63) is 106 Å². The molecule has 11 heteroatoms. The number of nitrogens with one attached hydrogen (secondary N) is 1. The van der Waals surface area contributed by atoms with Crippen LogP contribution in [0.5, 0.6) is 0 Å². The van der Waals surface area contributed by atoms with E-state index in [-0.39, 0.29) is 108 Å². The number of aromatic amines is 1. The molecule has 6 saturated carbocycles. The maximum absolute atomic E-state index is 14.7. The molecule has 0 spiro atoms. The summed E-state index contributed by atoms with van der Waals surface area (Å²) in [7, 11) is 0. The van der Waals surface area contributed by atoms with Crippen molar-refractivity contribution in [1.82, 2.24) is 15.2 Å². The van der Waals surface area contributed by atoms with Crippen molar-refractivity contribution in [2.75, 3.05) is 0 Å². The van der Waals surface area contributed by atoms with Gasteiger partial charge in [-0.2, -0.15) is 5.10 Å². The van der Waals surface area contributed by atoms with Gasteiger partial charge < -0.3 is 14.7 Å². The average Bonchev–Trinajstić information content (AvgIpc) is 4.01. The Kier molecular flexibility index (Phi) is 12.3. The number of fused-ring (bicyclic) bond motifs is 14. The molecule has 11 nitrogen and oxygen atoms in total. The molecule has 0 bridgehead atoms. The maximum Gasteiger partial charge on any atom is 0.309 e. The highest BCUT2D eigenvalue weighted by Gasteiger charge is 2.72. The molecule has 0 unspecified atom stereocenters. The number of aromatic nitrogens is 3. The first-order chi connectivity index (χ1) is 37.1. The molecule has 424 valence electrons. The number of H-pyrrole nitrogens is 1. The number of Topliss-reactive ketones (excluding diaryl/α,β-unsaturated/α-hetero) is 2. The van der Waals surface area contributed by atoms with Crippen LogP contribution in [0, 0.1) is 108 Å². The Morgan fingerprint density at radius 2 is 1.02 bits per heavy atom. The van der Waals surface area contributed by atoms with Gasteiger partial charge in [0.05, 0.1) is 18.6 Å². The van der Waals surface area contributed by atoms with Crippen LogP contribution >= 0.6 is 0 Å². The van der Waals surface area contributed by atoms with Gasteiger partial charge in [0, 0.05) is 44.5 Å². The number of ketones is 4. The van der Waals surface area contributed by atoms with Crippen molar-refractivity contribution < 1.29 is 29.1 Å². The third kappa shape index (κ3) is 7.28. The predicted molar refractivity (Wildman–Crippen MR) is 308 cm³/mol. The van der Waals surface area contributed by atoms with Crippen LogP contribution in [0.4, 0.5) is 0 Å². The number of benzene rings is 1. The van der Waals surface area contributed by atoms with Crippen molar-refractivity contribution >= 4 is 29.1 Å². The molecule has 0 radical (unpaired) electrons. The zero-order chi connectivity index (χ0) is 58.2. The van der Waals surface area contributed by atoms with Gasteiger partial charge in [0.25, 0.3) is 0 Å². The molecule has 0 aliphatic heterocycles. The highest BCUT2D eigenvalue weighted by atomic mass is 16.4. The number of hydrogen-bond donors (Lipinski definition) is 2. The van der Waals surface area contributed by atoms with Gasteiger partial charge in [-0.05, 0) is 165 Å². The van der Waals surface area contributed by atoms with Crippen LogP contribution < -0.4 is 0 Å². The summed E-state index contributed by atoms with van der Waals surface area (Å²) in [5.74, 6) is 1.24. The van der Waals surface area contributed by atoms with E-state index in [1.54, 1.807) is 0 Å². The maximum atomic E-state index is 14.7. The molecule has 0 saturated heterocycles. The zero-order valence-electron chi connectivity index (χ0n) is 50.3. The predicted octanol–water partition coefficient (Wildman–Crippen LogP) is 14.9. The number of carboxylic acid groups (broad SMARTS) is 1. The van der Waals surface area contributed by atoms with E-state index >= 15 is 0 Å². The van der Waals surface area contributed by atoms with Gasteiger partial charge in [-0.25, -0.2) is 14.7 Å². The van der Waals surface area contributed by atoms with E-state index < -0.39 is 33.0 Å². The molecular weight excluding hydrogens is 995 g/mol. The first-order valence-corrected chi connectivity index (χ1v) is 30.2. The largest absolute Gasteiger partial charge is 0.481 e. The first-order valence-electron chi connectivity index (χ1n) is 30.2. The molecule has 12 rings (SSSR count). The van der Waals surface area contributed by atoms with Crippen LogP contribution in [0.15, 0.2) is 77.2 Å². The molecule has 16 atom stereocenters. The van der Waals surface area contributed by atoms with Crippen LogP contribution in [0.1, 0.15) is 193 Å². The second-order valence-corrected chi connectivity index (χ2v) is 31.2. The van der Waals surface area contributed by atoms with Crippen LogP contribution in [-0.2, 0) is 29.4 Å². The van der Waals surface area contributed by atoms with E-state index in [2.05, 4.69) is 82.2 Å². The fraction of sp³-hybridized carbons (Fsp3) is 0.667. The number of rotatable bonds is 3. The fourth-order valence-electron chi connectivity index (χ4n) is 21.0. The standard InChI is InChI=1S/C38H46N4O2.C31H41NO4/c1-33(2)27-14-15-37(6)28(36(27,5)22-25(39-8)30(33)44)20-26(43)29-24-21-35(4,17-16-34(24,3)18-19-38(29,37)7)32-40-31(41-42-32)23-12-10-9-11-13-23;1-26(2)21-9-10-30(6)22(29(21,5)17-19(32-8)24(26)34)15-20(33)23-18-16-28(4,25(35)36)12-11-27(18,3)13-14-31(23,30)7/h9-13,20,22,24,27,29H,14-19,21H2,1-7H3,(H,40,41,42);15,17-18,21,23H,9-14,16H2,1-7H3,(H,35,36)/t24-,27-,29-,34+,35-,36-,37+,38+;18-,21-,23-,27+,28-,29-,30+,31+/m00/s1. The quantitative estimate of drug-likeness (QED) is 0.288. The van der Waals surface area contributed by atoms with Gasteiger partial charge in [-0.3, -0.25) is 19.5 Å². The summed E-state index contributed by atoms with van der Waals surface area (Å²) in [6.45, 7) is 46.1. The number of carboxylic acids is 1. The third-order valence-electron chi connectivity index (χ3n) is 26.7. The zero-order valence-corrected chi connectivity index (χ0v) is 50.3. The minimum Gasteiger partial charge on any atom is -0.481 e. The Bertz CT molecular complexity index is 3290. The molecule has 10 aliphatic carbocycles. The van der Waals surface area contributed by atoms with Gasteiger partial charge in [0.2, 0.25) is 11.4 Å². The third-order valence-corrected chi connectivity index (χ3v) is 26.7. The van der Waals surface area contributed by atoms with Crippen LogP contribution in [-0.4, -0.2) is 49.4 Å². The Balaban J connectivity index is 0.000000172. The summed E-state index contributed by atoms with van der Waals surface area (Å²) in [6.07, 6.45) is 20.5. The molecule has 2 N–H and O–H groups in total. The fourth-order valence-corrected chi connectivity index (χ4v) is 21.0. The van der Waals surface area contributed by atoms with Crippen molar-refractivity contribution in [3.63, 3.8) is 0 Å². The average molecular weight is 1080 g/mol. The van der Waals surface area contributed by atoms with Crippen molar-refractivity contribution in [3.8, 4) is 11.4 Å². The summed E-state index contributed by atoms with van der Waals surface area (Å²) in [5, 5.41) is 18.0. The van der Waals surface area contributed by atoms with Crippen LogP contribution in [0.3, 0.4) is 0 Å². The lowest BCUT2D eigenvalue weighted by Crippen LogP contribution is -2.64. The molecule has 80 heavy (non-hydrogen) atoms. The SMILES string of the molecule is [C-]#[N+]C1=C[C@]2(C)C3=CC(=O)[C@@H]4[C@@H]5C[C@@](C)(C(=O)O)CC[C@]5(C)CC[C@@]4(C)[C@]3(C)CC[C@H]2C(C)(C)C1=O.[C-]#[N+]C1=C[C@]2(C)C3=CC(=O)[C@@H]4[C@@H]5C[C@@](C)(c6nc(-c7ccccc7)n[nH]6)CC[C@]5(C)CC[C@@]4(C)[C@]3(C)CC[C@H]2C(C)(C)C1=O. The molecule has 1 heterocycles. The summed E-state index contributed by atoms with van der Waals surface area (Å²) < 4.78 is 0. The number of allylic oxidation sites excluding steroid dienone is 8. The minimum absolute atomic E-state index is 0.0198. The normalized spacial score (nSPS) is 45.6. The summed E-state index contributed by atoms with van der Waals surface area (Å²) >= 11 is 0. The topological polar surface area (TPSA) is 156 Å². The van der Waals surface area contributed by atoms with E-state index in [0.717, 1.165) is 105 Å². The monoisotopic (exact) mass is 1080 g/mol. The Morgan fingerprint density at radius 1 is 0.588 bits per heavy atom. The van der Waals surface area contributed by atoms with Crippen LogP contribution in [0.25, 0.3) is 21.1 Å². The van der Waals surface area contributed by atoms with Crippen molar-refractivity contribution in [2.45, 2.75) is 192 Å². The molecule has 2 aromatic rings. The number of hydrogen-bond acceptors (Lipinski definition) is 7. The first kappa shape index (κ1) is 56.3. The minimum atomic E-state index is -0.793. The summed E-state index contributed by atoms with van der Waals surface area (Å²) in [6, 6.07) is 10.1. The Morgan fingerprint density at radius 3 is 1.48 bits per heavy atom. The molecule has 1 aromatic heterocycles. The lowest BCUT2D eigenvalue weighted by Gasteiger charge is -2.69. The van der Waals surface area contributed by atoms with Crippen molar-refractivity contribution in [2.24, 2.45) is 95.1 Å². The van der Waals surface area contributed by atoms with E-state index in [1.165, 1.54) is 0 Å². The lowest BCUT2D eigenvalue weighted by molar-refractivity contribution is -0.178. The molecular formula is C69H87N5O6. The molecule has 0 amide bonds. The van der Waals surface area contributed by atoms with E-state index in [4.69, 9.17) is 18.1 Å². The molecule has 6 fully saturated rings. The Hall–Kier alpha value is -5.55. The number of carbonyl (C=O) groups is 5. The highest BCUT2D eigenvalue weighted by molar-refractivity contribution is 6.04. The Labute approximate surface area is 475 Å². The lowest BCUT2D eigenvalue weighted by atomic mass is 9.34. The van der Waals surface area contributed by atoms with E-state index in [0.29, 0.717) is 12.8 Å². The number of nitrogens with zero attached hydrogens (tertiary/aromatic N) is 4. The molecule has 1 aromatic carbocycles. The molecule has 10 aliphatic rings. The smallest absolute Gasteiger partial charge is 0.309 e. The van der Waals surface area contributed by atoms with Gasteiger partial charge in [0.15, 0.2) is 29.0 Å². The summed E-state index contributed by atoms with van der Waals surface area (Å²) in [5.41, 5.74) is -0.496. The summed E-state index contributed by atoms with van der Waals surface area (Å²) in [4.78, 5) is 80.0. The number of carbonyl (C=O) groups excluding carboxylic acids is 4. The van der Waals surface area contributed by atoms with Gasteiger partial charge in [-0.15, -0.1) is 0 Å². The van der Waals surface area contributed by atoms with E-state index in [1.807, 2.05) is 89.3 Å². The van der Waals surface area contributed by atoms with Crippen molar-refractivity contribution in [1.29, 1.82) is 0 Å². The number of aliphatic carboxylic acids is 1. The van der Waals surface area contributed by atoms with Gasteiger partial charge in [-0.1, -0.05) is 144 Å². The van der Waals surface area contributed by atoms with Gasteiger partial charge in [0.1, 0.15) is 5.82 Å².